The van der Waals surface area contributed by atoms with Crippen molar-refractivity contribution in [3.63, 3.8) is 0 Å². The first-order chi connectivity index (χ1) is 9.58. The van der Waals surface area contributed by atoms with E-state index in [4.69, 9.17) is 9.47 Å². The average molecular weight is 299 g/mol. The van der Waals surface area contributed by atoms with Gasteiger partial charge in [-0.05, 0) is 43.4 Å². The van der Waals surface area contributed by atoms with Crippen LogP contribution in [0, 0.1) is 16.7 Å². The van der Waals surface area contributed by atoms with Gasteiger partial charge in [0.05, 0.1) is 12.4 Å². The number of hydrogen-bond acceptors (Lipinski definition) is 2. The van der Waals surface area contributed by atoms with Crippen molar-refractivity contribution >= 4 is 0 Å². The second-order valence-electron chi connectivity index (χ2n) is 8.26. The van der Waals surface area contributed by atoms with Gasteiger partial charge >= 0.3 is 0 Å². The van der Waals surface area contributed by atoms with E-state index in [0.29, 0.717) is 11.3 Å². The maximum Gasteiger partial charge on any atom is 0.0924 e. The average Bonchev–Trinajstić information content (AvgIpc) is 2.32. The highest BCUT2D eigenvalue weighted by molar-refractivity contribution is 4.99. The van der Waals surface area contributed by atoms with Gasteiger partial charge in [0.25, 0.3) is 0 Å². The van der Waals surface area contributed by atoms with Crippen LogP contribution < -0.4 is 0 Å². The van der Waals surface area contributed by atoms with Crippen molar-refractivity contribution in [1.82, 2.24) is 0 Å². The van der Waals surface area contributed by atoms with Crippen LogP contribution in [0.3, 0.4) is 0 Å². The van der Waals surface area contributed by atoms with E-state index in [0.717, 1.165) is 51.3 Å². The Labute approximate surface area is 133 Å². The van der Waals surface area contributed by atoms with Crippen LogP contribution >= 0.6 is 0 Å². The molecule has 1 atom stereocenters. The van der Waals surface area contributed by atoms with E-state index < -0.39 is 0 Å². The monoisotopic (exact) mass is 298 g/mol. The lowest BCUT2D eigenvalue weighted by atomic mass is 9.71. The highest BCUT2D eigenvalue weighted by Gasteiger charge is 2.32. The summed E-state index contributed by atoms with van der Waals surface area (Å²) in [6.07, 6.45) is 4.47. The molecule has 0 saturated heterocycles. The van der Waals surface area contributed by atoms with Crippen LogP contribution in [0.2, 0.25) is 0 Å². The first-order valence-electron chi connectivity index (χ1n) is 8.47. The van der Waals surface area contributed by atoms with E-state index >= 15 is 0 Å². The topological polar surface area (TPSA) is 18.5 Å². The van der Waals surface area contributed by atoms with Gasteiger partial charge in [-0.3, -0.25) is 0 Å². The van der Waals surface area contributed by atoms with Crippen molar-refractivity contribution in [2.24, 2.45) is 16.7 Å². The van der Waals surface area contributed by atoms with Gasteiger partial charge in [0, 0.05) is 19.1 Å². The molecule has 0 saturated carbocycles. The first kappa shape index (κ1) is 20.5. The van der Waals surface area contributed by atoms with Crippen LogP contribution in [0.5, 0.6) is 0 Å². The summed E-state index contributed by atoms with van der Waals surface area (Å²) >= 11 is 0. The standard InChI is InChI=1S/C19H38O2/c1-9-20-13-11-10-12-14-21-16(2)17(19(6,7)8)15-18(3,4)5/h17H,2,9-15H2,1,3-8H3. The zero-order chi connectivity index (χ0) is 16.5. The van der Waals surface area contributed by atoms with E-state index in [-0.39, 0.29) is 5.41 Å². The zero-order valence-electron chi connectivity index (χ0n) is 15.6. The third kappa shape index (κ3) is 10.8. The number of hydrogen-bond donors (Lipinski definition) is 0. The molecule has 0 bridgehead atoms. The molecular weight excluding hydrogens is 260 g/mol. The van der Waals surface area contributed by atoms with Crippen molar-refractivity contribution in [2.45, 2.75) is 74.1 Å². The smallest absolute Gasteiger partial charge is 0.0924 e. The molecule has 21 heavy (non-hydrogen) atoms. The van der Waals surface area contributed by atoms with Crippen LogP contribution in [-0.4, -0.2) is 19.8 Å². The van der Waals surface area contributed by atoms with Gasteiger partial charge in [-0.25, -0.2) is 0 Å². The molecular formula is C19H38O2. The second kappa shape index (κ2) is 9.50. The summed E-state index contributed by atoms with van der Waals surface area (Å²) in [5, 5.41) is 0. The molecule has 0 rings (SSSR count). The van der Waals surface area contributed by atoms with E-state index in [1.165, 1.54) is 0 Å². The van der Waals surface area contributed by atoms with Crippen LogP contribution in [0.1, 0.15) is 74.1 Å². The van der Waals surface area contributed by atoms with Gasteiger partial charge in [-0.1, -0.05) is 48.1 Å². The Kier molecular flexibility index (Phi) is 9.28. The van der Waals surface area contributed by atoms with Crippen molar-refractivity contribution in [3.8, 4) is 0 Å². The number of unbranched alkanes of at least 4 members (excludes halogenated alkanes) is 2. The van der Waals surface area contributed by atoms with E-state index in [9.17, 15) is 0 Å². The predicted octanol–water partition coefficient (Wildman–Crippen LogP) is 5.82. The Hall–Kier alpha value is -0.500. The minimum Gasteiger partial charge on any atom is -0.498 e. The largest absolute Gasteiger partial charge is 0.498 e. The number of rotatable bonds is 10. The molecule has 0 N–H and O–H groups in total. The van der Waals surface area contributed by atoms with Crippen molar-refractivity contribution in [2.75, 3.05) is 19.8 Å². The summed E-state index contributed by atoms with van der Waals surface area (Å²) in [4.78, 5) is 0. The zero-order valence-corrected chi connectivity index (χ0v) is 15.6. The van der Waals surface area contributed by atoms with Crippen LogP contribution in [0.15, 0.2) is 12.3 Å². The minimum absolute atomic E-state index is 0.194. The van der Waals surface area contributed by atoms with E-state index in [1.54, 1.807) is 0 Å². The van der Waals surface area contributed by atoms with Crippen molar-refractivity contribution in [1.29, 1.82) is 0 Å². The molecule has 2 heteroatoms. The number of ether oxygens (including phenoxy) is 2. The van der Waals surface area contributed by atoms with Gasteiger partial charge in [0.1, 0.15) is 0 Å². The van der Waals surface area contributed by atoms with E-state index in [1.807, 2.05) is 6.92 Å². The summed E-state index contributed by atoms with van der Waals surface area (Å²) in [5.74, 6) is 1.36. The molecule has 0 aliphatic rings. The molecule has 2 nitrogen and oxygen atoms in total. The van der Waals surface area contributed by atoms with Gasteiger partial charge in [-0.2, -0.15) is 0 Å². The Morgan fingerprint density at radius 3 is 2.00 bits per heavy atom. The summed E-state index contributed by atoms with van der Waals surface area (Å²) in [6.45, 7) is 22.4. The highest BCUT2D eigenvalue weighted by atomic mass is 16.5. The summed E-state index contributed by atoms with van der Waals surface area (Å²) in [7, 11) is 0. The molecule has 0 spiro atoms. The van der Waals surface area contributed by atoms with Gasteiger partial charge in [-0.15, -0.1) is 0 Å². The predicted molar refractivity (Wildman–Crippen MR) is 92.5 cm³/mol. The molecule has 0 aliphatic carbocycles. The normalized spacial score (nSPS) is 14.0. The quantitative estimate of drug-likeness (QED) is 0.373. The third-order valence-electron chi connectivity index (χ3n) is 3.68. The van der Waals surface area contributed by atoms with Crippen molar-refractivity contribution in [3.05, 3.63) is 12.3 Å². The Morgan fingerprint density at radius 2 is 1.52 bits per heavy atom. The maximum absolute atomic E-state index is 5.95. The molecule has 0 amide bonds. The van der Waals surface area contributed by atoms with Crippen LogP contribution in [0.25, 0.3) is 0 Å². The molecule has 0 aliphatic heterocycles. The molecule has 0 aromatic rings. The maximum atomic E-state index is 5.95. The molecule has 126 valence electrons. The van der Waals surface area contributed by atoms with Crippen LogP contribution in [-0.2, 0) is 9.47 Å². The lowest BCUT2D eigenvalue weighted by Gasteiger charge is -2.36. The summed E-state index contributed by atoms with van der Waals surface area (Å²) < 4.78 is 11.3. The van der Waals surface area contributed by atoms with Gasteiger partial charge in [0.15, 0.2) is 0 Å². The Bertz CT molecular complexity index is 281. The molecule has 0 heterocycles. The first-order valence-corrected chi connectivity index (χ1v) is 8.47. The fourth-order valence-electron chi connectivity index (χ4n) is 2.45. The summed E-state index contributed by atoms with van der Waals surface area (Å²) in [5.41, 5.74) is 0.487. The lowest BCUT2D eigenvalue weighted by molar-refractivity contribution is 0.0954. The Morgan fingerprint density at radius 1 is 0.952 bits per heavy atom. The second-order valence-corrected chi connectivity index (χ2v) is 8.26. The fourth-order valence-corrected chi connectivity index (χ4v) is 2.45. The molecule has 0 aromatic heterocycles. The highest BCUT2D eigenvalue weighted by Crippen LogP contribution is 2.40. The lowest BCUT2D eigenvalue weighted by Crippen LogP contribution is -2.28. The minimum atomic E-state index is 0.194. The van der Waals surface area contributed by atoms with Crippen molar-refractivity contribution < 1.29 is 9.47 Å². The third-order valence-corrected chi connectivity index (χ3v) is 3.68. The molecule has 0 radical (unpaired) electrons. The molecule has 1 unspecified atom stereocenters. The fraction of sp³-hybridized carbons (Fsp3) is 0.895. The van der Waals surface area contributed by atoms with Crippen LogP contribution in [0.4, 0.5) is 0 Å². The van der Waals surface area contributed by atoms with E-state index in [2.05, 4.69) is 48.1 Å². The summed E-state index contributed by atoms with van der Waals surface area (Å²) in [6, 6.07) is 0. The molecule has 0 aromatic carbocycles. The SMILES string of the molecule is C=C(OCCCCCOCC)C(CC(C)(C)C)C(C)(C)C. The van der Waals surface area contributed by atoms with Gasteiger partial charge < -0.3 is 9.47 Å². The number of allylic oxidation sites excluding steroid dienone is 1. The Balaban J connectivity index is 4.13. The molecule has 0 fully saturated rings. The van der Waals surface area contributed by atoms with Gasteiger partial charge in [0.2, 0.25) is 0 Å².